The van der Waals surface area contributed by atoms with Crippen LogP contribution in [0, 0.1) is 5.92 Å². The van der Waals surface area contributed by atoms with Crippen LogP contribution in [0.5, 0.6) is 0 Å². The first-order chi connectivity index (χ1) is 10.4. The van der Waals surface area contributed by atoms with Gasteiger partial charge in [-0.25, -0.2) is 0 Å². The van der Waals surface area contributed by atoms with Gasteiger partial charge in [-0.3, -0.25) is 4.79 Å². The third kappa shape index (κ3) is 7.05. The van der Waals surface area contributed by atoms with Crippen molar-refractivity contribution in [1.82, 2.24) is 10.2 Å². The third-order valence-electron chi connectivity index (χ3n) is 3.49. The van der Waals surface area contributed by atoms with Crippen LogP contribution in [0.4, 0.5) is 0 Å². The molecule has 0 bridgehead atoms. The lowest BCUT2D eigenvalue weighted by Gasteiger charge is -2.17. The summed E-state index contributed by atoms with van der Waals surface area (Å²) >= 11 is 0. The zero-order chi connectivity index (χ0) is 16.5. The largest absolute Gasteiger partial charge is 0.369 e. The van der Waals surface area contributed by atoms with E-state index in [9.17, 15) is 4.79 Å². The quantitative estimate of drug-likeness (QED) is 0.763. The fraction of sp³-hybridized carbons (Fsp3) is 0.611. The predicted octanol–water partition coefficient (Wildman–Crippen LogP) is 2.82. The lowest BCUT2D eigenvalue weighted by molar-refractivity contribution is -0.132. The minimum absolute atomic E-state index is 0.0524. The summed E-state index contributed by atoms with van der Waals surface area (Å²) in [6, 6.07) is 8.19. The van der Waals surface area contributed by atoms with Crippen LogP contribution in [0.3, 0.4) is 0 Å². The Balaban J connectivity index is 2.46. The second-order valence-corrected chi connectivity index (χ2v) is 6.42. The van der Waals surface area contributed by atoms with Crippen molar-refractivity contribution in [2.24, 2.45) is 5.92 Å². The van der Waals surface area contributed by atoms with Crippen molar-refractivity contribution in [2.45, 2.75) is 46.4 Å². The Morgan fingerprint density at radius 3 is 2.41 bits per heavy atom. The Morgan fingerprint density at radius 1 is 1.18 bits per heavy atom. The molecule has 0 saturated carbocycles. The van der Waals surface area contributed by atoms with Crippen LogP contribution in [-0.4, -0.2) is 37.6 Å². The zero-order valence-corrected chi connectivity index (χ0v) is 14.6. The molecule has 0 aliphatic rings. The summed E-state index contributed by atoms with van der Waals surface area (Å²) < 4.78 is 5.58. The van der Waals surface area contributed by atoms with Crippen molar-refractivity contribution in [1.29, 1.82) is 0 Å². The van der Waals surface area contributed by atoms with E-state index in [1.54, 1.807) is 6.92 Å². The van der Waals surface area contributed by atoms with Crippen LogP contribution < -0.4 is 5.32 Å². The molecular formula is C18H30N2O2. The van der Waals surface area contributed by atoms with E-state index >= 15 is 0 Å². The third-order valence-corrected chi connectivity index (χ3v) is 3.49. The molecule has 124 valence electrons. The molecule has 0 saturated heterocycles. The van der Waals surface area contributed by atoms with Crippen molar-refractivity contribution < 1.29 is 9.53 Å². The average molecular weight is 306 g/mol. The Kier molecular flexibility index (Phi) is 8.13. The Labute approximate surface area is 134 Å². The summed E-state index contributed by atoms with van der Waals surface area (Å²) in [6.45, 7) is 8.14. The monoisotopic (exact) mass is 306 g/mol. The summed E-state index contributed by atoms with van der Waals surface area (Å²) in [5.41, 5.74) is 2.39. The van der Waals surface area contributed by atoms with E-state index < -0.39 is 6.10 Å². The second-order valence-electron chi connectivity index (χ2n) is 6.42. The maximum absolute atomic E-state index is 12.1. The summed E-state index contributed by atoms with van der Waals surface area (Å²) in [6.07, 6.45) is 0.572. The summed E-state index contributed by atoms with van der Waals surface area (Å²) in [5.74, 6) is 0.539. The number of carbonyl (C=O) groups is 1. The maximum atomic E-state index is 12.1. The molecule has 4 nitrogen and oxygen atoms in total. The first-order valence-corrected chi connectivity index (χ1v) is 8.01. The highest BCUT2D eigenvalue weighted by Gasteiger charge is 2.13. The number of nitrogens with zero attached hydrogens (tertiary/aromatic N) is 1. The number of hydrogen-bond acceptors (Lipinski definition) is 3. The van der Waals surface area contributed by atoms with Gasteiger partial charge in [-0.15, -0.1) is 0 Å². The molecule has 1 atom stereocenters. The van der Waals surface area contributed by atoms with E-state index in [1.165, 1.54) is 5.56 Å². The van der Waals surface area contributed by atoms with Crippen molar-refractivity contribution in [2.75, 3.05) is 20.7 Å². The number of amides is 1. The number of carbonyl (C=O) groups excluding carboxylic acids is 1. The number of hydrogen-bond donors (Lipinski definition) is 1. The highest BCUT2D eigenvalue weighted by Crippen LogP contribution is 2.10. The van der Waals surface area contributed by atoms with Gasteiger partial charge >= 0.3 is 0 Å². The van der Waals surface area contributed by atoms with E-state index in [-0.39, 0.29) is 5.91 Å². The topological polar surface area (TPSA) is 41.6 Å². The van der Waals surface area contributed by atoms with E-state index in [0.717, 1.165) is 18.5 Å². The van der Waals surface area contributed by atoms with Crippen LogP contribution >= 0.6 is 0 Å². The maximum Gasteiger partial charge on any atom is 0.249 e. The van der Waals surface area contributed by atoms with Crippen LogP contribution in [0.15, 0.2) is 24.3 Å². The fourth-order valence-corrected chi connectivity index (χ4v) is 2.11. The molecule has 1 rings (SSSR count). The molecule has 0 aliphatic heterocycles. The van der Waals surface area contributed by atoms with Gasteiger partial charge in [0.25, 0.3) is 0 Å². The standard InChI is InChI=1S/C18H30N2O2/c1-14(2)10-11-22-15(3)18(21)19-12-16-8-6-7-9-17(16)13-20(4)5/h6-9,14-15H,10-13H2,1-5H3,(H,19,21). The van der Waals surface area contributed by atoms with E-state index in [1.807, 2.05) is 26.2 Å². The first-order valence-electron chi connectivity index (χ1n) is 8.01. The van der Waals surface area contributed by atoms with Crippen molar-refractivity contribution in [3.05, 3.63) is 35.4 Å². The zero-order valence-electron chi connectivity index (χ0n) is 14.6. The number of benzene rings is 1. The van der Waals surface area contributed by atoms with Gasteiger partial charge in [-0.2, -0.15) is 0 Å². The van der Waals surface area contributed by atoms with Crippen molar-refractivity contribution in [3.8, 4) is 0 Å². The van der Waals surface area contributed by atoms with E-state index in [2.05, 4.69) is 36.2 Å². The van der Waals surface area contributed by atoms with Crippen LogP contribution in [0.25, 0.3) is 0 Å². The second kappa shape index (κ2) is 9.59. The van der Waals surface area contributed by atoms with Gasteiger partial charge in [-0.1, -0.05) is 38.1 Å². The fourth-order valence-electron chi connectivity index (χ4n) is 2.11. The molecular weight excluding hydrogens is 276 g/mol. The smallest absolute Gasteiger partial charge is 0.249 e. The van der Waals surface area contributed by atoms with Gasteiger partial charge in [0, 0.05) is 19.7 Å². The minimum Gasteiger partial charge on any atom is -0.369 e. The Hall–Kier alpha value is -1.39. The molecule has 0 aromatic heterocycles. The first kappa shape index (κ1) is 18.7. The molecule has 0 spiro atoms. The molecule has 22 heavy (non-hydrogen) atoms. The van der Waals surface area contributed by atoms with E-state index in [0.29, 0.717) is 19.1 Å². The summed E-state index contributed by atoms with van der Waals surface area (Å²) in [7, 11) is 4.08. The summed E-state index contributed by atoms with van der Waals surface area (Å²) in [5, 5.41) is 2.97. The molecule has 1 aromatic rings. The highest BCUT2D eigenvalue weighted by atomic mass is 16.5. The van der Waals surface area contributed by atoms with Crippen molar-refractivity contribution >= 4 is 5.91 Å². The summed E-state index contributed by atoms with van der Waals surface area (Å²) in [4.78, 5) is 14.2. The van der Waals surface area contributed by atoms with Gasteiger partial charge in [0.05, 0.1) is 0 Å². The minimum atomic E-state index is -0.403. The van der Waals surface area contributed by atoms with Crippen LogP contribution in [0.2, 0.25) is 0 Å². The highest BCUT2D eigenvalue weighted by molar-refractivity contribution is 5.80. The molecule has 1 N–H and O–H groups in total. The van der Waals surface area contributed by atoms with Crippen molar-refractivity contribution in [3.63, 3.8) is 0 Å². The number of nitrogens with one attached hydrogen (secondary N) is 1. The van der Waals surface area contributed by atoms with Crippen LogP contribution in [-0.2, 0) is 22.6 Å². The Bertz CT molecular complexity index is 458. The molecule has 0 fully saturated rings. The number of rotatable bonds is 9. The number of ether oxygens (including phenoxy) is 1. The van der Waals surface area contributed by atoms with Gasteiger partial charge < -0.3 is 15.0 Å². The van der Waals surface area contributed by atoms with Gasteiger partial charge in [0.2, 0.25) is 5.91 Å². The molecule has 1 aromatic carbocycles. The normalized spacial score (nSPS) is 12.7. The SMILES string of the molecule is CC(C)CCOC(C)C(=O)NCc1ccccc1CN(C)C. The van der Waals surface area contributed by atoms with Gasteiger partial charge in [-0.05, 0) is 44.5 Å². The lowest BCUT2D eigenvalue weighted by Crippen LogP contribution is -2.34. The predicted molar refractivity (Wildman–Crippen MR) is 90.5 cm³/mol. The lowest BCUT2D eigenvalue weighted by atomic mass is 10.1. The molecule has 0 aliphatic carbocycles. The molecule has 4 heteroatoms. The Morgan fingerprint density at radius 2 is 1.82 bits per heavy atom. The van der Waals surface area contributed by atoms with Gasteiger partial charge in [0.15, 0.2) is 0 Å². The van der Waals surface area contributed by atoms with Gasteiger partial charge in [0.1, 0.15) is 6.10 Å². The molecule has 1 unspecified atom stereocenters. The van der Waals surface area contributed by atoms with Crippen LogP contribution in [0.1, 0.15) is 38.3 Å². The average Bonchev–Trinajstić information content (AvgIpc) is 2.44. The molecule has 1 amide bonds. The van der Waals surface area contributed by atoms with E-state index in [4.69, 9.17) is 4.74 Å². The molecule has 0 radical (unpaired) electrons. The molecule has 0 heterocycles.